The second-order valence-corrected chi connectivity index (χ2v) is 7.20. The number of ether oxygens (including phenoxy) is 3. The van der Waals surface area contributed by atoms with E-state index in [-0.39, 0.29) is 0 Å². The minimum Gasteiger partial charge on any atom is -0.497 e. The lowest BCUT2D eigenvalue weighted by Gasteiger charge is -2.16. The average Bonchev–Trinajstić information content (AvgIpc) is 3.12. The van der Waals surface area contributed by atoms with Gasteiger partial charge < -0.3 is 19.2 Å². The van der Waals surface area contributed by atoms with Crippen molar-refractivity contribution in [2.75, 3.05) is 27.9 Å². The van der Waals surface area contributed by atoms with E-state index in [0.29, 0.717) is 6.61 Å². The number of H-pyrrole nitrogens is 1. The summed E-state index contributed by atoms with van der Waals surface area (Å²) in [7, 11) is 5.10. The molecular formula is C25H30N2O3. The highest BCUT2D eigenvalue weighted by Gasteiger charge is 2.17. The van der Waals surface area contributed by atoms with E-state index in [1.807, 2.05) is 31.2 Å². The molecule has 5 nitrogen and oxygen atoms in total. The monoisotopic (exact) mass is 406 g/mol. The van der Waals surface area contributed by atoms with Crippen LogP contribution in [0.25, 0.3) is 11.1 Å². The number of nitrogens with one attached hydrogen (secondary N) is 1. The summed E-state index contributed by atoms with van der Waals surface area (Å²) < 4.78 is 16.0. The second kappa shape index (κ2) is 10.1. The highest BCUT2D eigenvalue weighted by Crippen LogP contribution is 2.35. The van der Waals surface area contributed by atoms with Crippen LogP contribution in [0.1, 0.15) is 41.2 Å². The number of aryl methyl sites for hydroxylation is 2. The molecule has 0 spiro atoms. The molecule has 5 heteroatoms. The largest absolute Gasteiger partial charge is 0.497 e. The van der Waals surface area contributed by atoms with Crippen LogP contribution in [-0.4, -0.2) is 37.9 Å². The Balaban J connectivity index is 2.22. The van der Waals surface area contributed by atoms with E-state index >= 15 is 0 Å². The lowest BCUT2D eigenvalue weighted by Crippen LogP contribution is -2.00. The van der Waals surface area contributed by atoms with E-state index < -0.39 is 0 Å². The average molecular weight is 407 g/mol. The van der Waals surface area contributed by atoms with Gasteiger partial charge in [0.05, 0.1) is 19.9 Å². The van der Waals surface area contributed by atoms with Crippen LogP contribution in [0.15, 0.2) is 48.5 Å². The van der Waals surface area contributed by atoms with Crippen LogP contribution in [0, 0.1) is 13.8 Å². The first kappa shape index (κ1) is 21.7. The number of methoxy groups -OCH3 is 3. The second-order valence-electron chi connectivity index (χ2n) is 7.20. The Hall–Kier alpha value is -3.05. The fraction of sp³-hybridized carbons (Fsp3) is 0.320. The number of hydrogen-bond acceptors (Lipinski definition) is 4. The van der Waals surface area contributed by atoms with Crippen molar-refractivity contribution in [3.05, 3.63) is 76.9 Å². The number of nitrogens with zero attached hydrogens (tertiary/aromatic N) is 1. The van der Waals surface area contributed by atoms with Crippen LogP contribution < -0.4 is 9.47 Å². The molecule has 0 amide bonds. The van der Waals surface area contributed by atoms with Gasteiger partial charge in [0, 0.05) is 25.0 Å². The standard InChI is InChI=1S/C25H30N2O3/c1-17-18(2)27-25(26-17)23(7-6-16-28-3)24(19-8-12-21(29-4)13-9-19)20-10-14-22(30-5)15-11-20/h8-15H,6-7,16H2,1-5H3,(H,26,27). The van der Waals surface area contributed by atoms with Crippen molar-refractivity contribution in [1.29, 1.82) is 0 Å². The van der Waals surface area contributed by atoms with Gasteiger partial charge in [0.15, 0.2) is 0 Å². The summed E-state index contributed by atoms with van der Waals surface area (Å²) in [5.74, 6) is 2.57. The third-order valence-electron chi connectivity index (χ3n) is 5.25. The predicted octanol–water partition coefficient (Wildman–Crippen LogP) is 5.43. The van der Waals surface area contributed by atoms with Crippen molar-refractivity contribution < 1.29 is 14.2 Å². The zero-order chi connectivity index (χ0) is 21.5. The highest BCUT2D eigenvalue weighted by molar-refractivity contribution is 5.97. The maximum absolute atomic E-state index is 5.36. The number of rotatable bonds is 9. The Bertz CT molecular complexity index is 917. The maximum Gasteiger partial charge on any atom is 0.134 e. The van der Waals surface area contributed by atoms with Crippen molar-refractivity contribution >= 4 is 11.1 Å². The number of aromatic nitrogens is 2. The van der Waals surface area contributed by atoms with E-state index in [9.17, 15) is 0 Å². The van der Waals surface area contributed by atoms with Crippen LogP contribution in [0.5, 0.6) is 11.5 Å². The molecule has 0 aliphatic carbocycles. The summed E-state index contributed by atoms with van der Waals surface area (Å²) in [6.45, 7) is 4.78. The van der Waals surface area contributed by atoms with Gasteiger partial charge in [-0.3, -0.25) is 0 Å². The highest BCUT2D eigenvalue weighted by atomic mass is 16.5. The topological polar surface area (TPSA) is 56.4 Å². The molecule has 0 aliphatic heterocycles. The lowest BCUT2D eigenvalue weighted by molar-refractivity contribution is 0.196. The van der Waals surface area contributed by atoms with Crippen molar-refractivity contribution in [2.45, 2.75) is 26.7 Å². The van der Waals surface area contributed by atoms with Gasteiger partial charge in [-0.1, -0.05) is 24.3 Å². The summed E-state index contributed by atoms with van der Waals surface area (Å²) in [5.41, 5.74) is 6.63. The smallest absolute Gasteiger partial charge is 0.134 e. The summed E-state index contributed by atoms with van der Waals surface area (Å²) in [5, 5.41) is 0. The number of imidazole rings is 1. The number of aromatic amines is 1. The van der Waals surface area contributed by atoms with E-state index in [2.05, 4.69) is 36.2 Å². The molecule has 3 aromatic rings. The fourth-order valence-electron chi connectivity index (χ4n) is 3.48. The number of allylic oxidation sites excluding steroid dienone is 1. The van der Waals surface area contributed by atoms with E-state index in [4.69, 9.17) is 19.2 Å². The first-order valence-electron chi connectivity index (χ1n) is 10.1. The van der Waals surface area contributed by atoms with Crippen molar-refractivity contribution in [3.63, 3.8) is 0 Å². The van der Waals surface area contributed by atoms with Crippen LogP contribution in [0.3, 0.4) is 0 Å². The molecule has 30 heavy (non-hydrogen) atoms. The number of hydrogen-bond donors (Lipinski definition) is 1. The van der Waals surface area contributed by atoms with Gasteiger partial charge in [-0.05, 0) is 67.7 Å². The third-order valence-corrected chi connectivity index (χ3v) is 5.25. The molecule has 0 unspecified atom stereocenters. The number of benzene rings is 2. The Morgan fingerprint density at radius 1 is 0.833 bits per heavy atom. The van der Waals surface area contributed by atoms with Crippen molar-refractivity contribution in [1.82, 2.24) is 9.97 Å². The van der Waals surface area contributed by atoms with Crippen molar-refractivity contribution in [3.8, 4) is 11.5 Å². The minimum atomic E-state index is 0.695. The Morgan fingerprint density at radius 3 is 1.77 bits per heavy atom. The van der Waals surface area contributed by atoms with Gasteiger partial charge in [-0.15, -0.1) is 0 Å². The first-order valence-corrected chi connectivity index (χ1v) is 10.1. The maximum atomic E-state index is 5.36. The van der Waals surface area contributed by atoms with Gasteiger partial charge in [-0.25, -0.2) is 4.98 Å². The Kier molecular flexibility index (Phi) is 7.31. The molecule has 0 radical (unpaired) electrons. The van der Waals surface area contributed by atoms with Crippen LogP contribution >= 0.6 is 0 Å². The van der Waals surface area contributed by atoms with Crippen LogP contribution in [0.4, 0.5) is 0 Å². The third kappa shape index (κ3) is 4.92. The van der Waals surface area contributed by atoms with Gasteiger partial charge in [-0.2, -0.15) is 0 Å². The van der Waals surface area contributed by atoms with Gasteiger partial charge in [0.2, 0.25) is 0 Å². The van der Waals surface area contributed by atoms with Gasteiger partial charge in [0.1, 0.15) is 17.3 Å². The van der Waals surface area contributed by atoms with Crippen molar-refractivity contribution in [2.24, 2.45) is 0 Å². The molecule has 1 aromatic heterocycles. The molecule has 1 N–H and O–H groups in total. The van der Waals surface area contributed by atoms with E-state index in [1.54, 1.807) is 21.3 Å². The molecule has 2 aromatic carbocycles. The van der Waals surface area contributed by atoms with Gasteiger partial charge in [0.25, 0.3) is 0 Å². The zero-order valence-electron chi connectivity index (χ0n) is 18.4. The van der Waals surface area contributed by atoms with E-state index in [1.165, 1.54) is 5.57 Å². The van der Waals surface area contributed by atoms with E-state index in [0.717, 1.165) is 58.3 Å². The first-order chi connectivity index (χ1) is 14.6. The normalized spacial score (nSPS) is 10.7. The predicted molar refractivity (Wildman–Crippen MR) is 121 cm³/mol. The molecule has 0 bridgehead atoms. The molecule has 1 heterocycles. The van der Waals surface area contributed by atoms with Crippen LogP contribution in [-0.2, 0) is 4.74 Å². The molecule has 0 saturated carbocycles. The molecular weight excluding hydrogens is 376 g/mol. The lowest BCUT2D eigenvalue weighted by atomic mass is 9.90. The molecule has 0 atom stereocenters. The molecule has 0 fully saturated rings. The van der Waals surface area contributed by atoms with Gasteiger partial charge >= 0.3 is 0 Å². The zero-order valence-corrected chi connectivity index (χ0v) is 18.4. The SMILES string of the molecule is COCCCC(=C(c1ccc(OC)cc1)c1ccc(OC)cc1)c1nc(C)c(C)[nH]1. The fourth-order valence-corrected chi connectivity index (χ4v) is 3.48. The molecule has 158 valence electrons. The quantitative estimate of drug-likeness (QED) is 0.482. The summed E-state index contributed by atoms with van der Waals surface area (Å²) >= 11 is 0. The molecule has 0 aliphatic rings. The molecule has 3 rings (SSSR count). The summed E-state index contributed by atoms with van der Waals surface area (Å²) in [6.07, 6.45) is 1.74. The minimum absolute atomic E-state index is 0.695. The Labute approximate surface area is 178 Å². The molecule has 0 saturated heterocycles. The van der Waals surface area contributed by atoms with Crippen LogP contribution in [0.2, 0.25) is 0 Å². The Morgan fingerprint density at radius 2 is 1.37 bits per heavy atom. The summed E-state index contributed by atoms with van der Waals surface area (Å²) in [4.78, 5) is 8.30. The summed E-state index contributed by atoms with van der Waals surface area (Å²) in [6, 6.07) is 16.3.